The monoisotopic (exact) mass is 1770 g/mol. The number of aliphatic carboxylic acids is 1. The first-order valence-corrected chi connectivity index (χ1v) is 40.4. The number of aromatic nitrogens is 3. The Hall–Kier alpha value is -11.9. The van der Waals surface area contributed by atoms with E-state index in [0.717, 1.165) is 3.57 Å². The number of amides is 16. The molecule has 42 heteroatoms. The number of halogens is 1. The Kier molecular flexibility index (Phi) is 37.8. The third-order valence-electron chi connectivity index (χ3n) is 20.1. The van der Waals surface area contributed by atoms with Crippen LogP contribution in [0.2, 0.25) is 0 Å². The fraction of sp³-hybridized carbons (Fsp3) is 0.545. The lowest BCUT2D eigenvalue weighted by molar-refractivity contribution is -0.144. The van der Waals surface area contributed by atoms with E-state index in [1.165, 1.54) is 34.5 Å². The van der Waals surface area contributed by atoms with E-state index in [1.807, 2.05) is 22.6 Å². The molecule has 2 fully saturated rings. The van der Waals surface area contributed by atoms with Crippen LogP contribution in [0.25, 0.3) is 10.9 Å². The molecule has 0 saturated carbocycles. The minimum absolute atomic E-state index is 0.00438. The molecule has 16 amide bonds. The van der Waals surface area contributed by atoms with Gasteiger partial charge in [-0.05, 0) is 140 Å². The van der Waals surface area contributed by atoms with Gasteiger partial charge in [-0.15, -0.1) is 0 Å². The van der Waals surface area contributed by atoms with E-state index in [2.05, 4.69) is 78.8 Å². The van der Waals surface area contributed by atoms with Crippen molar-refractivity contribution in [2.45, 2.75) is 217 Å². The van der Waals surface area contributed by atoms with E-state index in [9.17, 15) is 77.3 Å². The molecule has 6 rings (SSSR count). The summed E-state index contributed by atoms with van der Waals surface area (Å²) in [5.74, 6) is -17.7. The van der Waals surface area contributed by atoms with Gasteiger partial charge in [-0.3, -0.25) is 86.9 Å². The van der Waals surface area contributed by atoms with Crippen LogP contribution in [-0.4, -0.2) is 247 Å². The van der Waals surface area contributed by atoms with Crippen LogP contribution in [0.15, 0.2) is 67.3 Å². The van der Waals surface area contributed by atoms with E-state index < -0.39 is 211 Å². The Morgan fingerprint density at radius 1 is 0.571 bits per heavy atom. The molecule has 4 aromatic rings. The number of likely N-dealkylation sites (tertiary alicyclic amines) is 2. The van der Waals surface area contributed by atoms with Crippen LogP contribution in [0.3, 0.4) is 0 Å². The Labute approximate surface area is 700 Å². The summed E-state index contributed by atoms with van der Waals surface area (Å²) in [7, 11) is 0. The second-order valence-electron chi connectivity index (χ2n) is 30.3. The average molecular weight is 1780 g/mol. The van der Waals surface area contributed by atoms with Crippen molar-refractivity contribution in [3.05, 3.63) is 87.6 Å². The highest BCUT2D eigenvalue weighted by Crippen LogP contribution is 2.26. The van der Waals surface area contributed by atoms with E-state index in [1.54, 1.807) is 84.1 Å². The zero-order chi connectivity index (χ0) is 87.9. The number of primary amides is 3. The number of hydrogen-bond donors (Lipinski definition) is 21. The van der Waals surface area contributed by atoms with E-state index in [4.69, 9.17) is 28.3 Å². The topological polar surface area (TPSA) is 654 Å². The van der Waals surface area contributed by atoms with Gasteiger partial charge < -0.3 is 117 Å². The number of aliphatic hydroxyl groups is 1. The van der Waals surface area contributed by atoms with Crippen molar-refractivity contribution in [3.8, 4) is 0 Å². The molecular weight excluding hydrogens is 1660 g/mol. The molecular formula is C77H111IN22O19. The molecule has 2 aromatic carbocycles. The highest BCUT2D eigenvalue weighted by Gasteiger charge is 2.44. The van der Waals surface area contributed by atoms with Crippen LogP contribution < -0.4 is 86.7 Å². The van der Waals surface area contributed by atoms with Gasteiger partial charge in [0.05, 0.1) is 31.6 Å². The molecule has 650 valence electrons. The number of nitrogens with two attached hydrogens (primary N) is 4. The number of aliphatic hydroxyl groups excluding tert-OH is 1. The van der Waals surface area contributed by atoms with Crippen LogP contribution >= 0.6 is 22.6 Å². The fourth-order valence-corrected chi connectivity index (χ4v) is 14.0. The van der Waals surface area contributed by atoms with Crippen LogP contribution in [0, 0.1) is 26.7 Å². The number of carbonyl (C=O) groups excluding carboxylic acids is 16. The minimum atomic E-state index is -1.94. The van der Waals surface area contributed by atoms with E-state index in [-0.39, 0.29) is 120 Å². The van der Waals surface area contributed by atoms with Crippen molar-refractivity contribution in [2.24, 2.45) is 40.7 Å². The molecule has 0 bridgehead atoms. The van der Waals surface area contributed by atoms with Crippen molar-refractivity contribution in [1.82, 2.24) is 88.6 Å². The van der Waals surface area contributed by atoms with Crippen molar-refractivity contribution in [2.75, 3.05) is 32.8 Å². The normalized spacial score (nSPS) is 16.6. The maximum Gasteiger partial charge on any atom is 0.303 e. The predicted molar refractivity (Wildman–Crippen MR) is 437 cm³/mol. The van der Waals surface area contributed by atoms with Gasteiger partial charge in [-0.2, -0.15) is 0 Å². The summed E-state index contributed by atoms with van der Waals surface area (Å²) in [6, 6.07) is -4.66. The molecule has 41 nitrogen and oxygen atoms in total. The molecule has 25 N–H and O–H groups in total. The number of para-hydroxylation sites is 1. The van der Waals surface area contributed by atoms with Crippen LogP contribution in [0.1, 0.15) is 153 Å². The van der Waals surface area contributed by atoms with Gasteiger partial charge in [0.15, 0.2) is 5.96 Å². The van der Waals surface area contributed by atoms with Crippen LogP contribution in [-0.2, 0) is 89.6 Å². The first-order chi connectivity index (χ1) is 56.4. The number of nitrogens with zero attached hydrogens (tertiary/aromatic N) is 3. The molecule has 0 radical (unpaired) electrons. The number of rotatable bonds is 48. The maximum absolute atomic E-state index is 15.2. The maximum atomic E-state index is 15.2. The number of aromatic amines is 2. The molecule has 2 saturated heterocycles. The number of nitrogens with one attached hydrogen (secondary N) is 15. The van der Waals surface area contributed by atoms with Crippen molar-refractivity contribution in [3.63, 3.8) is 0 Å². The minimum Gasteiger partial charge on any atom is -0.481 e. The number of imidazole rings is 1. The lowest BCUT2D eigenvalue weighted by Crippen LogP contribution is -2.62. The quantitative estimate of drug-likeness (QED) is 0.00880. The van der Waals surface area contributed by atoms with Crippen molar-refractivity contribution in [1.29, 1.82) is 5.41 Å². The molecule has 2 aromatic heterocycles. The summed E-state index contributed by atoms with van der Waals surface area (Å²) >= 11 is 2.04. The Balaban J connectivity index is 1.20. The number of guanidine groups is 1. The summed E-state index contributed by atoms with van der Waals surface area (Å²) in [6.45, 7) is 8.87. The summed E-state index contributed by atoms with van der Waals surface area (Å²) in [5.41, 5.74) is 23.8. The molecule has 13 atom stereocenters. The number of hydrogen-bond acceptors (Lipinski definition) is 20. The number of carboxylic acids is 1. The predicted octanol–water partition coefficient (Wildman–Crippen LogP) is -3.57. The number of benzene rings is 2. The van der Waals surface area contributed by atoms with Crippen LogP contribution in [0.4, 0.5) is 0 Å². The second-order valence-corrected chi connectivity index (χ2v) is 31.6. The number of fused-ring (bicyclic) bond motifs is 1. The third-order valence-corrected chi connectivity index (χ3v) is 20.8. The summed E-state index contributed by atoms with van der Waals surface area (Å²) in [5, 5.41) is 59.0. The Morgan fingerprint density at radius 3 is 1.61 bits per heavy atom. The molecule has 2 aliphatic heterocycles. The lowest BCUT2D eigenvalue weighted by Gasteiger charge is -2.33. The molecule has 119 heavy (non-hydrogen) atoms. The zero-order valence-corrected chi connectivity index (χ0v) is 69.4. The van der Waals surface area contributed by atoms with Gasteiger partial charge in [-0.1, -0.05) is 66.2 Å². The second kappa shape index (κ2) is 46.9. The largest absolute Gasteiger partial charge is 0.481 e. The van der Waals surface area contributed by atoms with Gasteiger partial charge in [0.2, 0.25) is 88.6 Å². The molecule has 0 spiro atoms. The summed E-state index contributed by atoms with van der Waals surface area (Å²) in [6.07, 6.45) is 2.04. The number of H-pyrrole nitrogens is 2. The van der Waals surface area contributed by atoms with Crippen molar-refractivity contribution >= 4 is 140 Å². The smallest absolute Gasteiger partial charge is 0.303 e. The molecule has 0 unspecified atom stereocenters. The lowest BCUT2D eigenvalue weighted by atomic mass is 9.95. The Bertz CT molecular complexity index is 4280. The van der Waals surface area contributed by atoms with E-state index in [0.29, 0.717) is 28.6 Å². The number of carboxylic acid groups (broad SMARTS) is 1. The molecule has 4 heterocycles. The van der Waals surface area contributed by atoms with Gasteiger partial charge in [-0.25, -0.2) is 4.98 Å². The summed E-state index contributed by atoms with van der Waals surface area (Å²) < 4.78 is 0.835. The third kappa shape index (κ3) is 30.2. The molecule has 2 aliphatic rings. The average Bonchev–Trinajstić information content (AvgIpc) is 1.71. The van der Waals surface area contributed by atoms with E-state index >= 15 is 14.4 Å². The van der Waals surface area contributed by atoms with Gasteiger partial charge in [0.1, 0.15) is 72.5 Å². The summed E-state index contributed by atoms with van der Waals surface area (Å²) in [4.78, 5) is 247. The first-order valence-electron chi connectivity index (χ1n) is 39.3. The SMILES string of the molecule is CC[C@H](C)[C@H](NC(=O)[C@H](Cc1c[nH]c2ccccc12)NC(=O)[C@H](CCC(=O)O)NC(=O)[C@H](CC(N)=O)NC(=O)[C@H](CO)NC(=O)CNC(=O)c1ccc(I)cc1)C(=O)N[C@@H](CC(C)C)C(=O)N1CCC[C@H]1C(=O)N[C@@H](CCCNC(=N)N)C(=O)N[C@@H](CC(C)C)C(=O)N1CCC[C@H]1C(=O)N[C@@H](CCC(N)=O)C(=O)N[C@@H](Cc1c[nH]cn1)C(N)=O. The highest BCUT2D eigenvalue weighted by atomic mass is 127. The van der Waals surface area contributed by atoms with Crippen LogP contribution in [0.5, 0.6) is 0 Å². The fourth-order valence-electron chi connectivity index (χ4n) is 13.7. The highest BCUT2D eigenvalue weighted by molar-refractivity contribution is 14.1. The van der Waals surface area contributed by atoms with Crippen molar-refractivity contribution < 1.29 is 91.7 Å². The molecule has 0 aliphatic carbocycles. The zero-order valence-electron chi connectivity index (χ0n) is 67.2. The number of carbonyl (C=O) groups is 17. The first kappa shape index (κ1) is 96.0. The van der Waals surface area contributed by atoms with Gasteiger partial charge in [0.25, 0.3) is 5.91 Å². The van der Waals surface area contributed by atoms with Gasteiger partial charge >= 0.3 is 5.97 Å². The Morgan fingerprint density at radius 2 is 1.08 bits per heavy atom. The standard InChI is InChI=1S/C77H111IN22O19/c1-7-41(6)63(98-70(113)52(31-43-34-86-47-14-9-8-13-46(43)47)94-68(111)50(23-25-62(105)106)90-69(112)53(33-60(80)103)95-71(114)56(37-101)89-61(104)36-87-65(108)42-18-20-44(78)21-19-42)74(117)97-55(30-40(4)5)76(119)100-28-11-16-57(100)72(115)91-48(15-10-26-85-77(82)83)66(109)96-54(29-39(2)3)75(118)99-27-12-17-58(99)73(116)92-49(22-24-59(79)102)67(110)93-51(64(81)107)32-45-35-84-38-88-45/h8-9,13-14,18-21,34-35,38-41,48-58,63,86,101H,7,10-12,15-17,22-33,36-37H2,1-6H3,(H2,79,102)(H2,80,103)(H2,81,107)(H,84,88)(H,87,108)(H,89,104)(H,90,112)(H,91,115)(H,92,116)(H,93,110)(H,94,111)(H,95,114)(H,96,109)(H,97,117)(H,98,113)(H,105,106)(H4,82,83,85)/t41-,48-,49-,50-,51-,52-,53-,54-,55-,56-,57-,58-,63-/m0/s1. The van der Waals surface area contributed by atoms with Gasteiger partial charge in [0, 0.05) is 77.7 Å².